The fourth-order valence-corrected chi connectivity index (χ4v) is 6.48. The number of carbonyl (C=O) groups excluding carboxylic acids is 2. The van der Waals surface area contributed by atoms with Gasteiger partial charge in [0.25, 0.3) is 0 Å². The molecular formula is C48H56N4O5. The van der Waals surface area contributed by atoms with E-state index in [-0.39, 0.29) is 11.6 Å². The molecule has 0 aliphatic heterocycles. The van der Waals surface area contributed by atoms with E-state index >= 15 is 0 Å². The van der Waals surface area contributed by atoms with Gasteiger partial charge in [-0.1, -0.05) is 107 Å². The first kappa shape index (κ1) is 42.4. The fourth-order valence-electron chi connectivity index (χ4n) is 6.48. The van der Waals surface area contributed by atoms with Crippen molar-refractivity contribution in [2.45, 2.75) is 83.1 Å². The predicted octanol–water partition coefficient (Wildman–Crippen LogP) is 13.3. The first-order valence-corrected chi connectivity index (χ1v) is 19.2. The van der Waals surface area contributed by atoms with Crippen LogP contribution in [0.5, 0.6) is 11.5 Å². The van der Waals surface area contributed by atoms with Crippen LogP contribution in [-0.2, 0) is 9.59 Å². The van der Waals surface area contributed by atoms with Crippen LogP contribution in [0.15, 0.2) is 143 Å². The largest absolute Gasteiger partial charge is 0.494 e. The number of hydrogen-bond acceptors (Lipinski definition) is 9. The average molecular weight is 769 g/mol. The molecule has 0 N–H and O–H groups in total. The summed E-state index contributed by atoms with van der Waals surface area (Å²) in [5, 5.41) is 19.0. The van der Waals surface area contributed by atoms with Gasteiger partial charge in [0.2, 0.25) is 0 Å². The Morgan fingerprint density at radius 1 is 0.474 bits per heavy atom. The summed E-state index contributed by atoms with van der Waals surface area (Å²) in [6.07, 6.45) is 7.56. The lowest BCUT2D eigenvalue weighted by Crippen LogP contribution is -2.28. The molecule has 0 atom stereocenters. The quantitative estimate of drug-likeness (QED) is 0.212. The Morgan fingerprint density at radius 3 is 1.05 bits per heavy atom. The lowest BCUT2D eigenvalue weighted by molar-refractivity contribution is -0.114. The second kappa shape index (κ2) is 16.0. The first-order chi connectivity index (χ1) is 26.5. The molecule has 9 heteroatoms. The molecule has 2 aromatic carbocycles. The lowest BCUT2D eigenvalue weighted by atomic mass is 9.71. The normalized spacial score (nSPS) is 15.8. The van der Waals surface area contributed by atoms with E-state index in [9.17, 15) is 9.59 Å². The Hall–Kier alpha value is -5.70. The van der Waals surface area contributed by atoms with Crippen molar-refractivity contribution in [3.8, 4) is 11.5 Å². The van der Waals surface area contributed by atoms with Crippen LogP contribution in [0.1, 0.15) is 94.6 Å². The van der Waals surface area contributed by atoms with Gasteiger partial charge in [0, 0.05) is 33.4 Å². The molecule has 2 aliphatic rings. The maximum atomic E-state index is 14.0. The molecule has 1 heterocycles. The van der Waals surface area contributed by atoms with Gasteiger partial charge in [-0.2, -0.15) is 0 Å². The van der Waals surface area contributed by atoms with E-state index in [4.69, 9.17) is 24.1 Å². The molecule has 0 fully saturated rings. The summed E-state index contributed by atoms with van der Waals surface area (Å²) in [4.78, 5) is 28.0. The molecule has 9 nitrogen and oxygen atoms in total. The summed E-state index contributed by atoms with van der Waals surface area (Å²) in [7, 11) is 3.17. The third-order valence-electron chi connectivity index (χ3n) is 9.72. The summed E-state index contributed by atoms with van der Waals surface area (Å²) in [6.45, 7) is 24.3. The van der Waals surface area contributed by atoms with Crippen molar-refractivity contribution in [2.24, 2.45) is 42.1 Å². The highest BCUT2D eigenvalue weighted by molar-refractivity contribution is 6.13. The number of para-hydroxylation sites is 2. The van der Waals surface area contributed by atoms with E-state index in [1.807, 2.05) is 168 Å². The van der Waals surface area contributed by atoms with Gasteiger partial charge in [0.05, 0.1) is 14.2 Å². The highest BCUT2D eigenvalue weighted by Crippen LogP contribution is 2.44. The van der Waals surface area contributed by atoms with Crippen molar-refractivity contribution in [3.63, 3.8) is 0 Å². The molecule has 0 unspecified atom stereocenters. The summed E-state index contributed by atoms with van der Waals surface area (Å²) in [5.41, 5.74) is 3.97. The van der Waals surface area contributed by atoms with Crippen molar-refractivity contribution in [1.29, 1.82) is 0 Å². The molecule has 57 heavy (non-hydrogen) atoms. The molecule has 5 rings (SSSR count). The van der Waals surface area contributed by atoms with Crippen LogP contribution in [-0.4, -0.2) is 25.8 Å². The van der Waals surface area contributed by atoms with E-state index in [0.717, 1.165) is 0 Å². The number of nitrogens with zero attached hydrogens (tertiary/aromatic N) is 4. The van der Waals surface area contributed by atoms with Crippen LogP contribution in [0.25, 0.3) is 11.4 Å². The zero-order valence-corrected chi connectivity index (χ0v) is 35.9. The highest BCUT2D eigenvalue weighted by atomic mass is 16.5. The second-order valence-corrected chi connectivity index (χ2v) is 18.4. The number of Topliss-reactive ketones (excluding diaryl/α,β-unsaturated/α-hetero) is 2. The molecule has 0 amide bonds. The monoisotopic (exact) mass is 768 g/mol. The number of allylic oxidation sites excluding steroid dienone is 10. The molecule has 1 aromatic heterocycles. The molecule has 2 aliphatic carbocycles. The van der Waals surface area contributed by atoms with E-state index in [1.54, 1.807) is 14.2 Å². The predicted molar refractivity (Wildman–Crippen MR) is 228 cm³/mol. The summed E-state index contributed by atoms with van der Waals surface area (Å²) >= 11 is 0. The number of rotatable bonds is 8. The van der Waals surface area contributed by atoms with Crippen molar-refractivity contribution in [3.05, 3.63) is 130 Å². The van der Waals surface area contributed by atoms with Crippen molar-refractivity contribution < 1.29 is 23.5 Å². The van der Waals surface area contributed by atoms with E-state index in [2.05, 4.69) is 10.2 Å². The molecule has 298 valence electrons. The second-order valence-electron chi connectivity index (χ2n) is 18.4. The third-order valence-corrected chi connectivity index (χ3v) is 9.72. The van der Waals surface area contributed by atoms with Gasteiger partial charge in [-0.05, 0) is 82.4 Å². The van der Waals surface area contributed by atoms with Crippen LogP contribution in [0.3, 0.4) is 0 Å². The first-order valence-electron chi connectivity index (χ1n) is 19.2. The zero-order chi connectivity index (χ0) is 42.1. The summed E-state index contributed by atoms with van der Waals surface area (Å²) in [5.74, 6) is 1.88. The van der Waals surface area contributed by atoms with E-state index in [0.29, 0.717) is 79.2 Å². The number of azo groups is 2. The number of hydrogen-bond donors (Lipinski definition) is 0. The Labute approximate surface area is 337 Å². The fraction of sp³-hybridized carbons (Fsp3) is 0.375. The van der Waals surface area contributed by atoms with Gasteiger partial charge < -0.3 is 13.9 Å². The molecule has 0 bridgehead atoms. The number of carbonyl (C=O) groups is 2. The SMILES string of the molecule is COc1ccccc1/N=N/C(=C1C=C(C(C)(C)C)C(=O)C(C(C)(C)C)=C1)c1ccc(C(/N=N/c2ccccc2OC)=C2C=C(C(C)(C)C)C(=O)C(C(C)(C)C)=C2)o1. The number of furan rings is 1. The van der Waals surface area contributed by atoms with Crippen LogP contribution >= 0.6 is 0 Å². The Balaban J connectivity index is 1.85. The van der Waals surface area contributed by atoms with Crippen LogP contribution in [0.2, 0.25) is 0 Å². The highest BCUT2D eigenvalue weighted by Gasteiger charge is 2.37. The van der Waals surface area contributed by atoms with E-state index < -0.39 is 21.7 Å². The minimum Gasteiger partial charge on any atom is -0.494 e. The minimum atomic E-state index is -0.463. The van der Waals surface area contributed by atoms with Crippen LogP contribution in [0.4, 0.5) is 11.4 Å². The van der Waals surface area contributed by atoms with Gasteiger partial charge in [0.15, 0.2) is 23.1 Å². The number of benzene rings is 2. The maximum absolute atomic E-state index is 14.0. The van der Waals surface area contributed by atoms with Crippen LogP contribution < -0.4 is 9.47 Å². The van der Waals surface area contributed by atoms with Crippen molar-refractivity contribution in [2.75, 3.05) is 14.2 Å². The standard InChI is InChI=1S/C48H56N4O5/c1-45(2,3)31-25-29(26-32(43(31)53)46(4,5)6)41(51-49-35-19-15-17-21-37(35)55-13)39-23-24-40(57-39)42(52-50-36-20-16-18-22-38(36)56-14)30-27-33(47(7,8)9)44(54)34(28-30)48(10,11)12/h15-28H,1-14H3/b51-49+,52-50+. The molecule has 0 saturated heterocycles. The molecule has 0 saturated carbocycles. The van der Waals surface area contributed by atoms with Gasteiger partial charge in [0.1, 0.15) is 34.3 Å². The number of ether oxygens (including phenoxy) is 2. The van der Waals surface area contributed by atoms with Gasteiger partial charge in [-0.25, -0.2) is 0 Å². The Bertz CT molecular complexity index is 2090. The summed E-state index contributed by atoms with van der Waals surface area (Å²) < 4.78 is 17.9. The maximum Gasteiger partial charge on any atom is 0.186 e. The molecule has 3 aromatic rings. The van der Waals surface area contributed by atoms with Gasteiger partial charge >= 0.3 is 0 Å². The van der Waals surface area contributed by atoms with Gasteiger partial charge in [-0.15, -0.1) is 20.5 Å². The van der Waals surface area contributed by atoms with Crippen LogP contribution in [0, 0.1) is 21.7 Å². The van der Waals surface area contributed by atoms with Crippen molar-refractivity contribution >= 4 is 34.3 Å². The topological polar surface area (TPSA) is 115 Å². The van der Waals surface area contributed by atoms with Crippen molar-refractivity contribution in [1.82, 2.24) is 0 Å². The van der Waals surface area contributed by atoms with Gasteiger partial charge in [-0.3, -0.25) is 9.59 Å². The third kappa shape index (κ3) is 9.47. The minimum absolute atomic E-state index is 0.00148. The average Bonchev–Trinajstić information content (AvgIpc) is 3.60. The lowest BCUT2D eigenvalue weighted by Gasteiger charge is -2.31. The Morgan fingerprint density at radius 2 is 0.772 bits per heavy atom. The molecular weight excluding hydrogens is 713 g/mol. The molecule has 0 spiro atoms. The summed E-state index contributed by atoms with van der Waals surface area (Å²) in [6, 6.07) is 18.4. The number of methoxy groups -OCH3 is 2. The molecule has 0 radical (unpaired) electrons. The Kier molecular flexibility index (Phi) is 11.9. The smallest absolute Gasteiger partial charge is 0.186 e. The van der Waals surface area contributed by atoms with E-state index in [1.165, 1.54) is 0 Å². The zero-order valence-electron chi connectivity index (χ0n) is 35.9. The number of ketones is 2.